The van der Waals surface area contributed by atoms with Crippen molar-refractivity contribution in [3.8, 4) is 0 Å². The fraction of sp³-hybridized carbons (Fsp3) is 0.188. The van der Waals surface area contributed by atoms with Crippen molar-refractivity contribution < 1.29 is 14.6 Å². The second-order valence-electron chi connectivity index (χ2n) is 4.48. The van der Waals surface area contributed by atoms with Crippen LogP contribution in [0, 0.1) is 0 Å². The summed E-state index contributed by atoms with van der Waals surface area (Å²) in [4.78, 5) is 11.6. The van der Waals surface area contributed by atoms with E-state index in [9.17, 15) is 9.90 Å². The van der Waals surface area contributed by atoms with E-state index in [0.29, 0.717) is 5.69 Å². The summed E-state index contributed by atoms with van der Waals surface area (Å²) in [6.07, 6.45) is -1.02. The normalized spacial score (nSPS) is 11.7. The van der Waals surface area contributed by atoms with E-state index in [0.717, 1.165) is 11.1 Å². The van der Waals surface area contributed by atoms with Crippen LogP contribution in [0.4, 0.5) is 10.5 Å². The van der Waals surface area contributed by atoms with Gasteiger partial charge in [0, 0.05) is 5.69 Å². The van der Waals surface area contributed by atoms with E-state index in [2.05, 4.69) is 5.32 Å². The lowest BCUT2D eigenvalue weighted by Crippen LogP contribution is -2.13. The van der Waals surface area contributed by atoms with Gasteiger partial charge in [-0.3, -0.25) is 5.32 Å². The van der Waals surface area contributed by atoms with Crippen LogP contribution in [-0.2, 0) is 11.3 Å². The summed E-state index contributed by atoms with van der Waals surface area (Å²) in [5.41, 5.74) is 2.37. The van der Waals surface area contributed by atoms with Crippen LogP contribution in [0.15, 0.2) is 54.6 Å². The van der Waals surface area contributed by atoms with Gasteiger partial charge in [0.1, 0.15) is 6.61 Å². The lowest BCUT2D eigenvalue weighted by atomic mass is 10.1. The first-order valence-corrected chi connectivity index (χ1v) is 6.41. The van der Waals surface area contributed by atoms with Gasteiger partial charge < -0.3 is 9.84 Å². The average Bonchev–Trinajstić information content (AvgIpc) is 2.47. The highest BCUT2D eigenvalue weighted by Crippen LogP contribution is 2.15. The van der Waals surface area contributed by atoms with E-state index in [-0.39, 0.29) is 6.61 Å². The Hall–Kier alpha value is -2.33. The molecule has 4 nitrogen and oxygen atoms in total. The number of hydrogen-bond donors (Lipinski definition) is 2. The number of aliphatic hydroxyl groups excluding tert-OH is 1. The van der Waals surface area contributed by atoms with Gasteiger partial charge in [0.25, 0.3) is 0 Å². The number of carbonyl (C=O) groups excluding carboxylic acids is 1. The Kier molecular flexibility index (Phi) is 4.74. The van der Waals surface area contributed by atoms with Crippen molar-refractivity contribution in [2.45, 2.75) is 19.6 Å². The number of benzene rings is 2. The minimum Gasteiger partial charge on any atom is -0.444 e. The Balaban J connectivity index is 1.85. The number of hydrogen-bond acceptors (Lipinski definition) is 3. The van der Waals surface area contributed by atoms with Crippen LogP contribution in [0.25, 0.3) is 0 Å². The number of ether oxygens (including phenoxy) is 1. The Labute approximate surface area is 118 Å². The molecule has 2 N–H and O–H groups in total. The molecule has 1 amide bonds. The molecule has 0 heterocycles. The van der Waals surface area contributed by atoms with Gasteiger partial charge in [0.05, 0.1) is 6.10 Å². The number of nitrogens with one attached hydrogen (secondary N) is 1. The van der Waals surface area contributed by atoms with Crippen molar-refractivity contribution in [3.05, 3.63) is 65.7 Å². The first-order valence-electron chi connectivity index (χ1n) is 6.41. The van der Waals surface area contributed by atoms with Crippen LogP contribution in [0.3, 0.4) is 0 Å². The lowest BCUT2D eigenvalue weighted by molar-refractivity contribution is 0.155. The fourth-order valence-electron chi connectivity index (χ4n) is 1.72. The maximum absolute atomic E-state index is 11.6. The largest absolute Gasteiger partial charge is 0.444 e. The zero-order valence-corrected chi connectivity index (χ0v) is 11.2. The molecule has 2 aromatic carbocycles. The van der Waals surface area contributed by atoms with Gasteiger partial charge in [-0.2, -0.15) is 0 Å². The molecule has 0 aliphatic carbocycles. The Morgan fingerprint density at radius 1 is 1.15 bits per heavy atom. The molecule has 0 saturated carbocycles. The molecular formula is C16H17NO3. The maximum atomic E-state index is 11.6. The van der Waals surface area contributed by atoms with Crippen molar-refractivity contribution in [2.24, 2.45) is 0 Å². The summed E-state index contributed by atoms with van der Waals surface area (Å²) >= 11 is 0. The molecule has 1 atom stereocenters. The summed E-state index contributed by atoms with van der Waals surface area (Å²) < 4.78 is 5.11. The smallest absolute Gasteiger partial charge is 0.411 e. The fourth-order valence-corrected chi connectivity index (χ4v) is 1.72. The van der Waals surface area contributed by atoms with Gasteiger partial charge in [-0.25, -0.2) is 4.79 Å². The third kappa shape index (κ3) is 4.10. The molecule has 0 aliphatic rings. The zero-order valence-electron chi connectivity index (χ0n) is 11.2. The highest BCUT2D eigenvalue weighted by Gasteiger charge is 2.05. The number of anilines is 1. The summed E-state index contributed by atoms with van der Waals surface area (Å²) in [5, 5.41) is 12.0. The molecule has 0 unspecified atom stereocenters. The monoisotopic (exact) mass is 271 g/mol. The quantitative estimate of drug-likeness (QED) is 0.895. The third-order valence-electron chi connectivity index (χ3n) is 2.85. The minimum atomic E-state index is -0.519. The second-order valence-corrected chi connectivity index (χ2v) is 4.48. The van der Waals surface area contributed by atoms with Gasteiger partial charge in [0.2, 0.25) is 0 Å². The molecule has 0 fully saturated rings. The summed E-state index contributed by atoms with van der Waals surface area (Å²) in [7, 11) is 0. The first kappa shape index (κ1) is 14.1. The third-order valence-corrected chi connectivity index (χ3v) is 2.85. The van der Waals surface area contributed by atoms with Crippen molar-refractivity contribution in [2.75, 3.05) is 5.32 Å². The van der Waals surface area contributed by atoms with E-state index in [1.165, 1.54) is 0 Å². The molecule has 0 saturated heterocycles. The van der Waals surface area contributed by atoms with E-state index >= 15 is 0 Å². The van der Waals surface area contributed by atoms with Crippen molar-refractivity contribution >= 4 is 11.8 Å². The van der Waals surface area contributed by atoms with E-state index in [4.69, 9.17) is 4.74 Å². The summed E-state index contributed by atoms with van der Waals surface area (Å²) in [5.74, 6) is 0. The molecule has 0 radical (unpaired) electrons. The van der Waals surface area contributed by atoms with Crippen molar-refractivity contribution in [3.63, 3.8) is 0 Å². The molecule has 0 spiro atoms. The Bertz CT molecular complexity index is 550. The molecule has 4 heteroatoms. The Morgan fingerprint density at radius 3 is 2.40 bits per heavy atom. The predicted molar refractivity (Wildman–Crippen MR) is 77.3 cm³/mol. The van der Waals surface area contributed by atoms with Gasteiger partial charge in [-0.1, -0.05) is 42.5 Å². The summed E-state index contributed by atoms with van der Waals surface area (Å²) in [6, 6.07) is 16.5. The lowest BCUT2D eigenvalue weighted by Gasteiger charge is -2.09. The van der Waals surface area contributed by atoms with Gasteiger partial charge in [0.15, 0.2) is 0 Å². The first-order chi connectivity index (χ1) is 9.65. The number of carbonyl (C=O) groups is 1. The summed E-state index contributed by atoms with van der Waals surface area (Å²) in [6.45, 7) is 1.93. The molecule has 20 heavy (non-hydrogen) atoms. The van der Waals surface area contributed by atoms with E-state index in [1.54, 1.807) is 31.2 Å². The molecule has 0 bridgehead atoms. The number of rotatable bonds is 4. The standard InChI is InChI=1S/C16H17NO3/c1-12(18)14-7-9-15(10-8-14)17-16(19)20-11-13-5-3-2-4-6-13/h2-10,12,18H,11H2,1H3,(H,17,19)/t12-/m0/s1. The van der Waals surface area contributed by atoms with Crippen LogP contribution < -0.4 is 5.32 Å². The molecule has 0 aliphatic heterocycles. The zero-order chi connectivity index (χ0) is 14.4. The highest BCUT2D eigenvalue weighted by molar-refractivity contribution is 5.84. The van der Waals surface area contributed by atoms with E-state index < -0.39 is 12.2 Å². The van der Waals surface area contributed by atoms with Crippen molar-refractivity contribution in [1.82, 2.24) is 0 Å². The SMILES string of the molecule is C[C@H](O)c1ccc(NC(=O)OCc2ccccc2)cc1. The molecule has 2 rings (SSSR count). The Morgan fingerprint density at radius 2 is 1.80 bits per heavy atom. The van der Waals surface area contributed by atoms with Gasteiger partial charge >= 0.3 is 6.09 Å². The number of amides is 1. The minimum absolute atomic E-state index is 0.235. The second kappa shape index (κ2) is 6.73. The molecule has 104 valence electrons. The van der Waals surface area contributed by atoms with Crippen molar-refractivity contribution in [1.29, 1.82) is 0 Å². The molecule has 2 aromatic rings. The van der Waals surface area contributed by atoms with E-state index in [1.807, 2.05) is 30.3 Å². The van der Waals surface area contributed by atoms with Gasteiger partial charge in [-0.05, 0) is 30.2 Å². The van der Waals surface area contributed by atoms with Crippen LogP contribution >= 0.6 is 0 Å². The maximum Gasteiger partial charge on any atom is 0.411 e. The molecule has 0 aromatic heterocycles. The number of aliphatic hydroxyl groups is 1. The molecular weight excluding hydrogens is 254 g/mol. The average molecular weight is 271 g/mol. The predicted octanol–water partition coefficient (Wildman–Crippen LogP) is 3.49. The highest BCUT2D eigenvalue weighted by atomic mass is 16.5. The van der Waals surface area contributed by atoms with Crippen LogP contribution in [0.1, 0.15) is 24.2 Å². The van der Waals surface area contributed by atoms with Crippen LogP contribution in [0.5, 0.6) is 0 Å². The van der Waals surface area contributed by atoms with Gasteiger partial charge in [-0.15, -0.1) is 0 Å². The van der Waals surface area contributed by atoms with Crippen LogP contribution in [-0.4, -0.2) is 11.2 Å². The van der Waals surface area contributed by atoms with Crippen LogP contribution in [0.2, 0.25) is 0 Å². The topological polar surface area (TPSA) is 58.6 Å².